The molecule has 0 spiro atoms. The SMILES string of the molecule is C=C(C)C(=O)Oc1ccc(-c2ccc(/C=C/c3ccc(-c4ccc(OC(=O)C(=C)C)c(OC(=O)C(=C)C)c4)c(OC(=O)/C=C/C)c3)cc2OC(=O)/C=C/C)cc1OC(=O)C(=C)C. The highest BCUT2D eigenvalue weighted by atomic mass is 16.6. The van der Waals surface area contributed by atoms with E-state index in [0.717, 1.165) is 0 Å². The van der Waals surface area contributed by atoms with Gasteiger partial charge in [0.2, 0.25) is 0 Å². The maximum Gasteiger partial charge on any atom is 0.338 e. The normalized spacial score (nSPS) is 10.9. The summed E-state index contributed by atoms with van der Waals surface area (Å²) >= 11 is 0. The van der Waals surface area contributed by atoms with E-state index in [-0.39, 0.29) is 56.8 Å². The molecule has 62 heavy (non-hydrogen) atoms. The van der Waals surface area contributed by atoms with E-state index in [0.29, 0.717) is 33.4 Å². The quantitative estimate of drug-likeness (QED) is 0.0456. The molecule has 0 saturated heterocycles. The number of benzene rings is 4. The molecular formula is C50H44O12. The van der Waals surface area contributed by atoms with Gasteiger partial charge in [-0.05, 0) is 100 Å². The van der Waals surface area contributed by atoms with Crippen molar-refractivity contribution in [3.05, 3.63) is 157 Å². The zero-order chi connectivity index (χ0) is 45.7. The Morgan fingerprint density at radius 3 is 1.03 bits per heavy atom. The maximum absolute atomic E-state index is 12.8. The number of hydrogen-bond donors (Lipinski definition) is 0. The fourth-order valence-corrected chi connectivity index (χ4v) is 5.11. The Kier molecular flexibility index (Phi) is 15.9. The zero-order valence-corrected chi connectivity index (χ0v) is 35.1. The number of ether oxygens (including phenoxy) is 6. The molecule has 4 rings (SSSR count). The second-order valence-electron chi connectivity index (χ2n) is 13.7. The minimum atomic E-state index is -0.754. The zero-order valence-electron chi connectivity index (χ0n) is 35.1. The first-order valence-corrected chi connectivity index (χ1v) is 18.8. The Bertz CT molecular complexity index is 2440. The van der Waals surface area contributed by atoms with Crippen LogP contribution in [0, 0.1) is 0 Å². The lowest BCUT2D eigenvalue weighted by atomic mass is 10.00. The maximum atomic E-state index is 12.8. The van der Waals surface area contributed by atoms with E-state index in [4.69, 9.17) is 28.4 Å². The number of allylic oxidation sites excluding steroid dienone is 2. The number of rotatable bonds is 16. The Balaban J connectivity index is 1.79. The third-order valence-corrected chi connectivity index (χ3v) is 8.22. The first-order chi connectivity index (χ1) is 29.4. The Hall–Kier alpha value is -8.12. The summed E-state index contributed by atoms with van der Waals surface area (Å²) in [6.07, 6.45) is 9.03. The minimum absolute atomic E-state index is 0.0436. The van der Waals surface area contributed by atoms with E-state index in [2.05, 4.69) is 26.3 Å². The molecular weight excluding hydrogens is 793 g/mol. The summed E-state index contributed by atoms with van der Waals surface area (Å²) < 4.78 is 33.3. The van der Waals surface area contributed by atoms with Gasteiger partial charge in [-0.2, -0.15) is 0 Å². The van der Waals surface area contributed by atoms with Gasteiger partial charge in [-0.1, -0.05) is 87.0 Å². The molecule has 0 bridgehead atoms. The smallest absolute Gasteiger partial charge is 0.338 e. The van der Waals surface area contributed by atoms with Gasteiger partial charge in [-0.3, -0.25) is 0 Å². The van der Waals surface area contributed by atoms with E-state index in [9.17, 15) is 28.8 Å². The average molecular weight is 837 g/mol. The molecule has 12 nitrogen and oxygen atoms in total. The second-order valence-corrected chi connectivity index (χ2v) is 13.7. The predicted molar refractivity (Wildman–Crippen MR) is 235 cm³/mol. The lowest BCUT2D eigenvalue weighted by Gasteiger charge is -2.15. The van der Waals surface area contributed by atoms with Crippen LogP contribution in [0.1, 0.15) is 52.7 Å². The number of hydrogen-bond acceptors (Lipinski definition) is 12. The van der Waals surface area contributed by atoms with Gasteiger partial charge in [0.1, 0.15) is 11.5 Å². The molecule has 0 aliphatic heterocycles. The van der Waals surface area contributed by atoms with Crippen LogP contribution in [0.3, 0.4) is 0 Å². The number of carbonyl (C=O) groups excluding carboxylic acids is 6. The van der Waals surface area contributed by atoms with E-state index in [1.54, 1.807) is 74.5 Å². The van der Waals surface area contributed by atoms with Gasteiger partial charge in [-0.25, -0.2) is 28.8 Å². The molecule has 12 heteroatoms. The summed E-state index contributed by atoms with van der Waals surface area (Å²) in [4.78, 5) is 75.3. The van der Waals surface area contributed by atoms with Gasteiger partial charge >= 0.3 is 35.8 Å². The van der Waals surface area contributed by atoms with Crippen LogP contribution in [0.4, 0.5) is 0 Å². The van der Waals surface area contributed by atoms with Crippen molar-refractivity contribution < 1.29 is 57.2 Å². The Labute approximate surface area is 359 Å². The van der Waals surface area contributed by atoms with Crippen molar-refractivity contribution in [3.8, 4) is 56.8 Å². The van der Waals surface area contributed by atoms with Crippen LogP contribution in [-0.2, 0) is 28.8 Å². The highest BCUT2D eigenvalue weighted by Gasteiger charge is 2.21. The van der Waals surface area contributed by atoms with Crippen LogP contribution in [-0.4, -0.2) is 35.8 Å². The molecule has 0 N–H and O–H groups in total. The molecule has 0 atom stereocenters. The van der Waals surface area contributed by atoms with Crippen LogP contribution in [0.15, 0.2) is 146 Å². The monoisotopic (exact) mass is 836 g/mol. The van der Waals surface area contributed by atoms with Gasteiger partial charge in [0.05, 0.1) is 0 Å². The highest BCUT2D eigenvalue weighted by Crippen LogP contribution is 2.40. The van der Waals surface area contributed by atoms with E-state index < -0.39 is 35.8 Å². The van der Waals surface area contributed by atoms with Crippen molar-refractivity contribution >= 4 is 48.0 Å². The van der Waals surface area contributed by atoms with Crippen molar-refractivity contribution in [1.29, 1.82) is 0 Å². The van der Waals surface area contributed by atoms with Gasteiger partial charge in [0, 0.05) is 45.6 Å². The summed E-state index contributed by atoms with van der Waals surface area (Å²) in [5.41, 5.74) is 3.42. The predicted octanol–water partition coefficient (Wildman–Crippen LogP) is 10.1. The van der Waals surface area contributed by atoms with Crippen molar-refractivity contribution in [3.63, 3.8) is 0 Å². The highest BCUT2D eigenvalue weighted by molar-refractivity contribution is 5.94. The van der Waals surface area contributed by atoms with Crippen LogP contribution in [0.25, 0.3) is 34.4 Å². The fourth-order valence-electron chi connectivity index (χ4n) is 5.11. The molecule has 0 amide bonds. The molecule has 0 aliphatic carbocycles. The summed E-state index contributed by atoms with van der Waals surface area (Å²) in [7, 11) is 0. The standard InChI is InChI=1S/C50H44O12/c1-11-13-45(51)57-41-25-33(17-21-37(41)35-19-23-39(59-47(53)29(3)4)43(27-35)61-49(55)31(7)8)15-16-34-18-22-38(42(26-34)58-46(52)14-12-2)36-20-24-40(60-48(54)30(5)6)44(28-36)62-50(56)32(9)10/h11-28H,3,5,7,9H2,1-2,4,6,8,10H3/b13-11+,14-12+,16-15+. The van der Waals surface area contributed by atoms with Crippen LogP contribution in [0.5, 0.6) is 34.5 Å². The first kappa shape index (κ1) is 46.6. The van der Waals surface area contributed by atoms with E-state index in [1.165, 1.54) is 76.3 Å². The van der Waals surface area contributed by atoms with Crippen molar-refractivity contribution in [2.75, 3.05) is 0 Å². The topological polar surface area (TPSA) is 158 Å². The summed E-state index contributed by atoms with van der Waals surface area (Å²) in [5.74, 6) is -4.23. The van der Waals surface area contributed by atoms with Gasteiger partial charge in [0.25, 0.3) is 0 Å². The molecule has 0 fully saturated rings. The minimum Gasteiger partial charge on any atom is -0.423 e. The third-order valence-electron chi connectivity index (χ3n) is 8.22. The van der Waals surface area contributed by atoms with E-state index >= 15 is 0 Å². The van der Waals surface area contributed by atoms with Crippen molar-refractivity contribution in [2.24, 2.45) is 0 Å². The molecule has 0 aromatic heterocycles. The average Bonchev–Trinajstić information content (AvgIpc) is 3.21. The third kappa shape index (κ3) is 12.7. The second kappa shape index (κ2) is 21.2. The Morgan fingerprint density at radius 1 is 0.403 bits per heavy atom. The lowest BCUT2D eigenvalue weighted by Crippen LogP contribution is -2.13. The summed E-state index contributed by atoms with van der Waals surface area (Å²) in [6, 6.07) is 19.2. The molecule has 0 unspecified atom stereocenters. The van der Waals surface area contributed by atoms with Crippen LogP contribution in [0.2, 0.25) is 0 Å². The fraction of sp³-hybridized carbons (Fsp3) is 0.120. The molecule has 0 saturated carbocycles. The van der Waals surface area contributed by atoms with Crippen molar-refractivity contribution in [1.82, 2.24) is 0 Å². The van der Waals surface area contributed by atoms with Gasteiger partial charge < -0.3 is 28.4 Å². The summed E-state index contributed by atoms with van der Waals surface area (Å²) in [5, 5.41) is 0. The van der Waals surface area contributed by atoms with Crippen LogP contribution >= 0.6 is 0 Å². The van der Waals surface area contributed by atoms with E-state index in [1.807, 2.05) is 0 Å². The van der Waals surface area contributed by atoms with Gasteiger partial charge in [-0.15, -0.1) is 0 Å². The van der Waals surface area contributed by atoms with Crippen LogP contribution < -0.4 is 28.4 Å². The molecule has 0 radical (unpaired) electrons. The Morgan fingerprint density at radius 2 is 0.726 bits per heavy atom. The molecule has 0 aliphatic rings. The molecule has 316 valence electrons. The largest absolute Gasteiger partial charge is 0.423 e. The number of esters is 6. The van der Waals surface area contributed by atoms with Crippen molar-refractivity contribution in [2.45, 2.75) is 41.5 Å². The number of carbonyl (C=O) groups is 6. The molecule has 4 aromatic rings. The first-order valence-electron chi connectivity index (χ1n) is 18.8. The summed E-state index contributed by atoms with van der Waals surface area (Å²) in [6.45, 7) is 23.6. The molecule has 4 aromatic carbocycles. The molecule has 0 heterocycles. The van der Waals surface area contributed by atoms with Gasteiger partial charge in [0.15, 0.2) is 23.0 Å². The lowest BCUT2D eigenvalue weighted by molar-refractivity contribution is -0.132.